The minimum Gasteiger partial charge on any atom is -0.472 e. The van der Waals surface area contributed by atoms with Gasteiger partial charge in [0.15, 0.2) is 0 Å². The van der Waals surface area contributed by atoms with Crippen LogP contribution >= 0.6 is 0 Å². The molecule has 0 saturated carbocycles. The maximum atomic E-state index is 13.5. The molecule has 0 aliphatic carbocycles. The van der Waals surface area contributed by atoms with E-state index in [4.69, 9.17) is 4.74 Å². The third-order valence-corrected chi connectivity index (χ3v) is 6.21. The Labute approximate surface area is 216 Å². The van der Waals surface area contributed by atoms with E-state index in [1.54, 1.807) is 72.7 Å². The van der Waals surface area contributed by atoms with Crippen LogP contribution < -0.4 is 4.74 Å². The Hall–Kier alpha value is -4.29. The van der Waals surface area contributed by atoms with Crippen LogP contribution in [0.3, 0.4) is 0 Å². The van der Waals surface area contributed by atoms with Crippen molar-refractivity contribution in [2.24, 2.45) is 5.92 Å². The summed E-state index contributed by atoms with van der Waals surface area (Å²) in [6, 6.07) is 11.9. The topological polar surface area (TPSA) is 109 Å². The van der Waals surface area contributed by atoms with Crippen LogP contribution in [0.1, 0.15) is 46.0 Å². The number of amides is 2. The molecular weight excluding hydrogens is 470 g/mol. The largest absolute Gasteiger partial charge is 0.472 e. The Morgan fingerprint density at radius 2 is 1.95 bits per heavy atom. The van der Waals surface area contributed by atoms with Gasteiger partial charge in [-0.1, -0.05) is 25.0 Å². The highest BCUT2D eigenvalue weighted by Crippen LogP contribution is 2.27. The molecule has 0 bridgehead atoms. The summed E-state index contributed by atoms with van der Waals surface area (Å²) in [6.07, 6.45) is 4.32. The molecule has 9 heteroatoms. The number of aliphatic hydroxyl groups is 1. The van der Waals surface area contributed by atoms with Crippen molar-refractivity contribution >= 4 is 11.8 Å². The van der Waals surface area contributed by atoms with E-state index in [1.165, 1.54) is 0 Å². The van der Waals surface area contributed by atoms with Crippen LogP contribution in [0.25, 0.3) is 0 Å². The fraction of sp³-hybridized carbons (Fsp3) is 0.321. The van der Waals surface area contributed by atoms with Gasteiger partial charge in [0, 0.05) is 43.7 Å². The normalized spacial score (nSPS) is 17.8. The van der Waals surface area contributed by atoms with Crippen LogP contribution in [-0.4, -0.2) is 80.6 Å². The molecule has 3 aromatic heterocycles. The lowest BCUT2D eigenvalue weighted by Crippen LogP contribution is -2.50. The van der Waals surface area contributed by atoms with Crippen LogP contribution in [-0.2, 0) is 0 Å². The van der Waals surface area contributed by atoms with Crippen molar-refractivity contribution in [1.82, 2.24) is 24.8 Å². The van der Waals surface area contributed by atoms with E-state index in [0.29, 0.717) is 23.5 Å². The fourth-order valence-corrected chi connectivity index (χ4v) is 4.00. The van der Waals surface area contributed by atoms with Crippen molar-refractivity contribution in [2.45, 2.75) is 26.0 Å². The van der Waals surface area contributed by atoms with Gasteiger partial charge in [-0.3, -0.25) is 14.6 Å². The molecular formula is C28H29N5O4. The number of ether oxygens (including phenoxy) is 1. The first-order chi connectivity index (χ1) is 17.9. The summed E-state index contributed by atoms with van der Waals surface area (Å²) >= 11 is 0. The Morgan fingerprint density at radius 1 is 1.19 bits per heavy atom. The lowest BCUT2D eigenvalue weighted by molar-refractivity contribution is 0.0312. The molecule has 2 amide bonds. The van der Waals surface area contributed by atoms with E-state index in [-0.39, 0.29) is 42.3 Å². The second kappa shape index (κ2) is 11.6. The van der Waals surface area contributed by atoms with Gasteiger partial charge in [-0.05, 0) is 43.2 Å². The Balaban J connectivity index is 1.65. The van der Waals surface area contributed by atoms with Gasteiger partial charge >= 0.3 is 0 Å². The molecule has 4 heterocycles. The molecule has 3 aromatic rings. The van der Waals surface area contributed by atoms with Gasteiger partial charge in [0.25, 0.3) is 11.8 Å². The zero-order chi connectivity index (χ0) is 26.4. The fourth-order valence-electron chi connectivity index (χ4n) is 4.00. The molecule has 0 unspecified atom stereocenters. The summed E-state index contributed by atoms with van der Waals surface area (Å²) in [7, 11) is 1.69. The summed E-state index contributed by atoms with van der Waals surface area (Å²) in [6.45, 7) is 4.14. The summed E-state index contributed by atoms with van der Waals surface area (Å²) in [5.74, 6) is 5.45. The standard InChI is InChI=1S/C28H29N5O4/c1-19-16-33(20(2)18-34)27(35)23-14-21(10-11-22-8-4-6-12-29-22)15-31-26(23)37-25(19)17-32(3)28(36)24-9-5-7-13-30-24/h4-9,12-15,19-20,25,34H,16-18H2,1-3H3/t19-,20+,25-/m0/s1. The van der Waals surface area contributed by atoms with Crippen molar-refractivity contribution in [2.75, 3.05) is 26.7 Å². The number of carbonyl (C=O) groups is 2. The van der Waals surface area contributed by atoms with Crippen LogP contribution in [0, 0.1) is 17.8 Å². The van der Waals surface area contributed by atoms with Crippen LogP contribution in [0.5, 0.6) is 5.88 Å². The number of pyridine rings is 3. The third-order valence-electron chi connectivity index (χ3n) is 6.21. The number of nitrogens with zero attached hydrogens (tertiary/aromatic N) is 5. The summed E-state index contributed by atoms with van der Waals surface area (Å²) in [4.78, 5) is 42.4. The highest BCUT2D eigenvalue weighted by Gasteiger charge is 2.34. The van der Waals surface area contributed by atoms with E-state index >= 15 is 0 Å². The number of aliphatic hydroxyl groups excluding tert-OH is 1. The maximum Gasteiger partial charge on any atom is 0.272 e. The van der Waals surface area contributed by atoms with Crippen molar-refractivity contribution in [1.29, 1.82) is 0 Å². The van der Waals surface area contributed by atoms with Crippen molar-refractivity contribution < 1.29 is 19.4 Å². The predicted molar refractivity (Wildman–Crippen MR) is 137 cm³/mol. The number of hydrogen-bond acceptors (Lipinski definition) is 7. The maximum absolute atomic E-state index is 13.5. The van der Waals surface area contributed by atoms with Gasteiger partial charge in [-0.25, -0.2) is 9.97 Å². The summed E-state index contributed by atoms with van der Waals surface area (Å²) in [5, 5.41) is 9.85. The smallest absolute Gasteiger partial charge is 0.272 e. The monoisotopic (exact) mass is 499 g/mol. The molecule has 1 aliphatic heterocycles. The molecule has 0 aromatic carbocycles. The van der Waals surface area contributed by atoms with Gasteiger partial charge < -0.3 is 19.6 Å². The first-order valence-corrected chi connectivity index (χ1v) is 12.1. The molecule has 1 N–H and O–H groups in total. The minimum absolute atomic E-state index is 0.157. The van der Waals surface area contributed by atoms with E-state index in [2.05, 4.69) is 26.8 Å². The average molecular weight is 500 g/mol. The number of rotatable bonds is 5. The van der Waals surface area contributed by atoms with Gasteiger partial charge in [-0.2, -0.15) is 0 Å². The summed E-state index contributed by atoms with van der Waals surface area (Å²) < 4.78 is 6.26. The number of aromatic nitrogens is 3. The number of likely N-dealkylation sites (N-methyl/N-ethyl adjacent to an activating group) is 1. The van der Waals surface area contributed by atoms with Gasteiger partial charge in [0.1, 0.15) is 23.1 Å². The van der Waals surface area contributed by atoms with Crippen molar-refractivity contribution in [3.05, 3.63) is 83.6 Å². The van der Waals surface area contributed by atoms with Crippen LogP contribution in [0.2, 0.25) is 0 Å². The minimum atomic E-state index is -0.462. The molecule has 4 rings (SSSR count). The average Bonchev–Trinajstić information content (AvgIpc) is 2.94. The van der Waals surface area contributed by atoms with E-state index in [1.807, 2.05) is 19.1 Å². The molecule has 0 fully saturated rings. The summed E-state index contributed by atoms with van der Waals surface area (Å²) in [5.41, 5.74) is 1.72. The zero-order valence-electron chi connectivity index (χ0n) is 21.0. The van der Waals surface area contributed by atoms with Crippen molar-refractivity contribution in [3.63, 3.8) is 0 Å². The predicted octanol–water partition coefficient (Wildman–Crippen LogP) is 2.26. The molecule has 37 heavy (non-hydrogen) atoms. The lowest BCUT2D eigenvalue weighted by Gasteiger charge is -2.37. The van der Waals surface area contributed by atoms with E-state index in [0.717, 1.165) is 0 Å². The molecule has 0 saturated heterocycles. The van der Waals surface area contributed by atoms with Gasteiger partial charge in [0.2, 0.25) is 5.88 Å². The molecule has 3 atom stereocenters. The zero-order valence-corrected chi connectivity index (χ0v) is 21.0. The Kier molecular flexibility index (Phi) is 8.11. The number of hydrogen-bond donors (Lipinski definition) is 1. The quantitative estimate of drug-likeness (QED) is 0.537. The van der Waals surface area contributed by atoms with Crippen LogP contribution in [0.4, 0.5) is 0 Å². The molecule has 0 radical (unpaired) electrons. The Bertz CT molecular complexity index is 1310. The number of carbonyl (C=O) groups excluding carboxylic acids is 2. The SMILES string of the molecule is C[C@H](CO)N1C[C@H](C)[C@H](CN(C)C(=O)c2ccccn2)Oc2ncc(C#Cc3ccccn3)cc2C1=O. The highest BCUT2D eigenvalue weighted by molar-refractivity contribution is 5.97. The van der Waals surface area contributed by atoms with E-state index in [9.17, 15) is 14.7 Å². The molecule has 190 valence electrons. The van der Waals surface area contributed by atoms with Crippen molar-refractivity contribution in [3.8, 4) is 17.7 Å². The third kappa shape index (κ3) is 6.11. The lowest BCUT2D eigenvalue weighted by atomic mass is 9.99. The molecule has 9 nitrogen and oxygen atoms in total. The molecule has 0 spiro atoms. The molecule has 1 aliphatic rings. The van der Waals surface area contributed by atoms with Crippen LogP contribution in [0.15, 0.2) is 61.1 Å². The number of fused-ring (bicyclic) bond motifs is 1. The first-order valence-electron chi connectivity index (χ1n) is 12.1. The highest BCUT2D eigenvalue weighted by atomic mass is 16.5. The van der Waals surface area contributed by atoms with E-state index < -0.39 is 12.1 Å². The Morgan fingerprint density at radius 3 is 2.62 bits per heavy atom. The van der Waals surface area contributed by atoms with Gasteiger partial charge in [-0.15, -0.1) is 0 Å². The van der Waals surface area contributed by atoms with Gasteiger partial charge in [0.05, 0.1) is 19.2 Å². The second-order valence-electron chi connectivity index (χ2n) is 9.07. The second-order valence-corrected chi connectivity index (χ2v) is 9.07. The first kappa shape index (κ1) is 25.8.